The fourth-order valence-electron chi connectivity index (χ4n) is 1.20. The third-order valence-corrected chi connectivity index (χ3v) is 2.12. The van der Waals surface area contributed by atoms with Crippen LogP contribution in [-0.4, -0.2) is 23.7 Å². The number of aliphatic hydroxyl groups excluding tert-OH is 1. The lowest BCUT2D eigenvalue weighted by Crippen LogP contribution is -2.35. The summed E-state index contributed by atoms with van der Waals surface area (Å²) in [5.41, 5.74) is 5.98. The van der Waals surface area contributed by atoms with E-state index in [1.54, 1.807) is 12.1 Å². The summed E-state index contributed by atoms with van der Waals surface area (Å²) in [4.78, 5) is 11.3. The summed E-state index contributed by atoms with van der Waals surface area (Å²) in [6, 6.07) is 5.78. The van der Waals surface area contributed by atoms with Gasteiger partial charge in [-0.25, -0.2) is 4.39 Å². The molecule has 0 spiro atoms. The van der Waals surface area contributed by atoms with Gasteiger partial charge in [0.1, 0.15) is 11.9 Å². The molecule has 5 heteroatoms. The van der Waals surface area contributed by atoms with E-state index in [2.05, 4.69) is 5.32 Å². The van der Waals surface area contributed by atoms with E-state index in [1.165, 1.54) is 12.1 Å². The van der Waals surface area contributed by atoms with Gasteiger partial charge < -0.3 is 16.2 Å². The maximum atomic E-state index is 12.6. The maximum absolute atomic E-state index is 12.6. The Hall–Kier alpha value is -1.46. The van der Waals surface area contributed by atoms with Crippen LogP contribution in [0.4, 0.5) is 4.39 Å². The number of amides is 1. The van der Waals surface area contributed by atoms with Gasteiger partial charge in [0.05, 0.1) is 0 Å². The molecule has 1 aromatic rings. The van der Waals surface area contributed by atoms with Crippen molar-refractivity contribution in [1.82, 2.24) is 5.32 Å². The fourth-order valence-corrected chi connectivity index (χ4v) is 1.20. The van der Waals surface area contributed by atoms with Gasteiger partial charge in [-0.3, -0.25) is 4.79 Å². The number of carbonyl (C=O) groups excluding carboxylic acids is 1. The molecule has 88 valence electrons. The van der Waals surface area contributed by atoms with Crippen LogP contribution < -0.4 is 11.1 Å². The highest BCUT2D eigenvalue weighted by molar-refractivity contribution is 5.80. The van der Waals surface area contributed by atoms with E-state index in [0.29, 0.717) is 0 Å². The van der Waals surface area contributed by atoms with Crippen LogP contribution in [0.5, 0.6) is 0 Å². The Bertz CT molecular complexity index is 340. The third-order valence-electron chi connectivity index (χ3n) is 2.12. The molecule has 0 fully saturated rings. The first-order valence-electron chi connectivity index (χ1n) is 5.03. The Balaban J connectivity index is 2.39. The molecule has 0 saturated heterocycles. The van der Waals surface area contributed by atoms with Gasteiger partial charge in [0.15, 0.2) is 0 Å². The molecule has 0 aliphatic heterocycles. The average Bonchev–Trinajstić information content (AvgIpc) is 2.28. The van der Waals surface area contributed by atoms with Crippen molar-refractivity contribution in [3.05, 3.63) is 35.6 Å². The van der Waals surface area contributed by atoms with E-state index < -0.39 is 12.0 Å². The van der Waals surface area contributed by atoms with Gasteiger partial charge in [-0.05, 0) is 30.7 Å². The molecule has 0 bridgehead atoms. The van der Waals surface area contributed by atoms with Crippen molar-refractivity contribution in [3.8, 4) is 0 Å². The minimum Gasteiger partial charge on any atom is -0.383 e. The molecule has 0 aromatic heterocycles. The zero-order valence-electron chi connectivity index (χ0n) is 8.82. The van der Waals surface area contributed by atoms with Gasteiger partial charge in [0.25, 0.3) is 0 Å². The molecule has 0 aliphatic rings. The van der Waals surface area contributed by atoms with Crippen LogP contribution in [0.15, 0.2) is 24.3 Å². The first kappa shape index (κ1) is 12.6. The lowest BCUT2D eigenvalue weighted by molar-refractivity contribution is -0.129. The van der Waals surface area contributed by atoms with Crippen molar-refractivity contribution < 1.29 is 14.3 Å². The Morgan fingerprint density at radius 2 is 2.06 bits per heavy atom. The van der Waals surface area contributed by atoms with Crippen molar-refractivity contribution in [2.75, 3.05) is 6.54 Å². The molecule has 1 aromatic carbocycles. The van der Waals surface area contributed by atoms with Crippen molar-refractivity contribution in [2.24, 2.45) is 5.73 Å². The van der Waals surface area contributed by atoms with Crippen molar-refractivity contribution in [2.45, 2.75) is 19.1 Å². The summed E-state index contributed by atoms with van der Waals surface area (Å²) in [6.45, 7) is 0.520. The maximum Gasteiger partial charge on any atom is 0.249 e. The summed E-state index contributed by atoms with van der Waals surface area (Å²) >= 11 is 0. The van der Waals surface area contributed by atoms with Crippen LogP contribution in [0.3, 0.4) is 0 Å². The van der Waals surface area contributed by atoms with Crippen LogP contribution in [0.1, 0.15) is 12.0 Å². The second-order valence-corrected chi connectivity index (χ2v) is 3.44. The van der Waals surface area contributed by atoms with Crippen LogP contribution in [-0.2, 0) is 11.3 Å². The minimum absolute atomic E-state index is 0.231. The van der Waals surface area contributed by atoms with Crippen molar-refractivity contribution in [3.63, 3.8) is 0 Å². The number of nitrogens with one attached hydrogen (secondary N) is 1. The highest BCUT2D eigenvalue weighted by Crippen LogP contribution is 2.02. The Morgan fingerprint density at radius 3 is 2.62 bits per heavy atom. The van der Waals surface area contributed by atoms with Crippen LogP contribution >= 0.6 is 0 Å². The molecule has 1 rings (SSSR count). The molecule has 1 amide bonds. The van der Waals surface area contributed by atoms with E-state index in [9.17, 15) is 14.3 Å². The van der Waals surface area contributed by atoms with Gasteiger partial charge in [0.2, 0.25) is 5.91 Å². The molecule has 1 unspecified atom stereocenters. The number of carbonyl (C=O) groups is 1. The predicted octanol–water partition coefficient (Wildman–Crippen LogP) is 0.152. The van der Waals surface area contributed by atoms with Crippen LogP contribution in [0, 0.1) is 5.82 Å². The lowest BCUT2D eigenvalue weighted by Gasteiger charge is -2.10. The standard InChI is InChI=1S/C11H15FN2O2/c12-9-3-1-8(2-4-9)7-14-11(16)10(15)5-6-13/h1-4,10,15H,5-7,13H2,(H,14,16). The van der Waals surface area contributed by atoms with Gasteiger partial charge >= 0.3 is 0 Å². The van der Waals surface area contributed by atoms with Gasteiger partial charge in [0, 0.05) is 6.54 Å². The summed E-state index contributed by atoms with van der Waals surface area (Å²) in [5, 5.41) is 11.8. The number of aliphatic hydroxyl groups is 1. The molecule has 0 saturated carbocycles. The summed E-state index contributed by atoms with van der Waals surface area (Å²) in [7, 11) is 0. The number of nitrogens with two attached hydrogens (primary N) is 1. The monoisotopic (exact) mass is 226 g/mol. The molecule has 1 atom stereocenters. The zero-order chi connectivity index (χ0) is 12.0. The summed E-state index contributed by atoms with van der Waals surface area (Å²) < 4.78 is 12.6. The molecule has 4 nitrogen and oxygen atoms in total. The van der Waals surface area contributed by atoms with E-state index in [0.717, 1.165) is 5.56 Å². The normalized spacial score (nSPS) is 12.2. The highest BCUT2D eigenvalue weighted by Gasteiger charge is 2.12. The molecular weight excluding hydrogens is 211 g/mol. The summed E-state index contributed by atoms with van der Waals surface area (Å²) in [6.07, 6.45) is -0.847. The van der Waals surface area contributed by atoms with Crippen LogP contribution in [0.2, 0.25) is 0 Å². The molecular formula is C11H15FN2O2. The van der Waals surface area contributed by atoms with E-state index in [4.69, 9.17) is 5.73 Å². The Morgan fingerprint density at radius 1 is 1.44 bits per heavy atom. The van der Waals surface area contributed by atoms with Crippen molar-refractivity contribution in [1.29, 1.82) is 0 Å². The molecule has 0 aliphatic carbocycles. The Kier molecular flexibility index (Phi) is 4.88. The number of hydrogen-bond acceptors (Lipinski definition) is 3. The average molecular weight is 226 g/mol. The first-order valence-corrected chi connectivity index (χ1v) is 5.03. The van der Waals surface area contributed by atoms with E-state index >= 15 is 0 Å². The molecule has 0 heterocycles. The van der Waals surface area contributed by atoms with Gasteiger partial charge in [-0.1, -0.05) is 12.1 Å². The second kappa shape index (κ2) is 6.19. The quantitative estimate of drug-likeness (QED) is 0.669. The Labute approximate surface area is 93.3 Å². The molecule has 0 radical (unpaired) electrons. The van der Waals surface area contributed by atoms with E-state index in [-0.39, 0.29) is 25.3 Å². The number of halogens is 1. The number of benzene rings is 1. The lowest BCUT2D eigenvalue weighted by atomic mass is 10.2. The smallest absolute Gasteiger partial charge is 0.249 e. The van der Waals surface area contributed by atoms with Crippen molar-refractivity contribution >= 4 is 5.91 Å². The second-order valence-electron chi connectivity index (χ2n) is 3.44. The largest absolute Gasteiger partial charge is 0.383 e. The van der Waals surface area contributed by atoms with Gasteiger partial charge in [-0.2, -0.15) is 0 Å². The highest BCUT2D eigenvalue weighted by atomic mass is 19.1. The van der Waals surface area contributed by atoms with Gasteiger partial charge in [-0.15, -0.1) is 0 Å². The summed E-state index contributed by atoms with van der Waals surface area (Å²) in [5.74, 6) is -0.784. The molecule has 16 heavy (non-hydrogen) atoms. The number of hydrogen-bond donors (Lipinski definition) is 3. The fraction of sp³-hybridized carbons (Fsp3) is 0.364. The van der Waals surface area contributed by atoms with E-state index in [1.807, 2.05) is 0 Å². The molecule has 4 N–H and O–H groups in total. The SMILES string of the molecule is NCCC(O)C(=O)NCc1ccc(F)cc1. The topological polar surface area (TPSA) is 75.3 Å². The third kappa shape index (κ3) is 3.96. The van der Waals surface area contributed by atoms with Crippen LogP contribution in [0.25, 0.3) is 0 Å². The zero-order valence-corrected chi connectivity index (χ0v) is 8.82. The first-order chi connectivity index (χ1) is 7.63. The number of rotatable bonds is 5. The predicted molar refractivity (Wildman–Crippen MR) is 57.9 cm³/mol. The minimum atomic E-state index is -1.08.